The Kier molecular flexibility index (Phi) is 7.59. The van der Waals surface area contributed by atoms with Crippen LogP contribution in [0.3, 0.4) is 0 Å². The maximum atomic E-state index is 14.5. The van der Waals surface area contributed by atoms with Crippen LogP contribution in [0, 0.1) is 5.82 Å². The number of rotatable bonds is 7. The Hall–Kier alpha value is -3.21. The molecule has 3 aromatic rings. The predicted octanol–water partition coefficient (Wildman–Crippen LogP) is 3.92. The summed E-state index contributed by atoms with van der Waals surface area (Å²) in [7, 11) is 3.48. The van der Waals surface area contributed by atoms with Gasteiger partial charge in [-0.2, -0.15) is 0 Å². The van der Waals surface area contributed by atoms with E-state index in [1.165, 1.54) is 12.4 Å². The Balaban J connectivity index is 1.35. The molecule has 0 saturated carbocycles. The summed E-state index contributed by atoms with van der Waals surface area (Å²) < 4.78 is 31.8. The highest BCUT2D eigenvalue weighted by molar-refractivity contribution is 6.31. The maximum Gasteiger partial charge on any atom is 0.237 e. The van der Waals surface area contributed by atoms with Gasteiger partial charge in [0, 0.05) is 43.7 Å². The van der Waals surface area contributed by atoms with Gasteiger partial charge in [-0.05, 0) is 38.1 Å². The minimum absolute atomic E-state index is 0.00871. The third kappa shape index (κ3) is 5.56. The van der Waals surface area contributed by atoms with Crippen molar-refractivity contribution >= 4 is 39.9 Å². The van der Waals surface area contributed by atoms with Crippen LogP contribution in [-0.2, 0) is 9.53 Å². The molecule has 11 heteroatoms. The van der Waals surface area contributed by atoms with Gasteiger partial charge in [-0.25, -0.2) is 14.4 Å². The highest BCUT2D eigenvalue weighted by atomic mass is 35.5. The molecule has 2 fully saturated rings. The lowest BCUT2D eigenvalue weighted by molar-refractivity contribution is -0.126. The van der Waals surface area contributed by atoms with E-state index in [2.05, 4.69) is 20.6 Å². The number of nitrogens with zero attached hydrogens (tertiary/aromatic N) is 3. The second-order valence-corrected chi connectivity index (χ2v) is 9.70. The van der Waals surface area contributed by atoms with Crippen molar-refractivity contribution in [3.05, 3.63) is 47.5 Å². The number of carbonyl (C=O) groups excluding carboxylic acids is 1. The fraction of sp³-hybridized carbons (Fsp3) is 0.423. The number of carbonyl (C=O) groups is 1. The van der Waals surface area contributed by atoms with Gasteiger partial charge in [0.1, 0.15) is 18.2 Å². The number of likely N-dealkylation sites (tertiary alicyclic amines) is 1. The molecule has 1 amide bonds. The fourth-order valence-corrected chi connectivity index (χ4v) is 4.98. The van der Waals surface area contributed by atoms with E-state index >= 15 is 0 Å². The summed E-state index contributed by atoms with van der Waals surface area (Å²) in [6.45, 7) is 1.92. The minimum atomic E-state index is -0.569. The van der Waals surface area contributed by atoms with Crippen LogP contribution < -0.4 is 20.1 Å². The molecular weight excluding hydrogens is 501 g/mol. The molecule has 0 spiro atoms. The highest BCUT2D eigenvalue weighted by Gasteiger charge is 2.37. The molecular formula is C26H29ClFN5O4. The first kappa shape index (κ1) is 25.4. The Morgan fingerprint density at radius 3 is 2.81 bits per heavy atom. The first-order valence-corrected chi connectivity index (χ1v) is 12.6. The van der Waals surface area contributed by atoms with Crippen molar-refractivity contribution < 1.29 is 23.4 Å². The number of anilines is 2. The number of hydrogen-bond donors (Lipinski definition) is 2. The fourth-order valence-electron chi connectivity index (χ4n) is 4.81. The molecule has 9 nitrogen and oxygen atoms in total. The first-order chi connectivity index (χ1) is 17.9. The third-order valence-corrected chi connectivity index (χ3v) is 7.09. The van der Waals surface area contributed by atoms with Crippen molar-refractivity contribution in [3.63, 3.8) is 0 Å². The van der Waals surface area contributed by atoms with Crippen LogP contribution >= 0.6 is 11.6 Å². The summed E-state index contributed by atoms with van der Waals surface area (Å²) in [5, 5.41) is 6.79. The average Bonchev–Trinajstić information content (AvgIpc) is 3.27. The zero-order valence-corrected chi connectivity index (χ0v) is 21.4. The Labute approximate surface area is 219 Å². The summed E-state index contributed by atoms with van der Waals surface area (Å²) >= 11 is 5.94. The summed E-state index contributed by atoms with van der Waals surface area (Å²) in [5.41, 5.74) is 0.794. The van der Waals surface area contributed by atoms with Crippen molar-refractivity contribution in [1.29, 1.82) is 0 Å². The van der Waals surface area contributed by atoms with E-state index in [1.807, 2.05) is 11.9 Å². The minimum Gasteiger partial charge on any atom is -0.493 e. The summed E-state index contributed by atoms with van der Waals surface area (Å²) in [6, 6.07) is 8.09. The van der Waals surface area contributed by atoms with E-state index < -0.39 is 5.82 Å². The highest BCUT2D eigenvalue weighted by Crippen LogP contribution is 2.37. The second-order valence-electron chi connectivity index (χ2n) is 9.30. The molecule has 2 aliphatic heterocycles. The van der Waals surface area contributed by atoms with Crippen molar-refractivity contribution in [2.75, 3.05) is 39.2 Å². The molecule has 37 heavy (non-hydrogen) atoms. The number of hydrogen-bond acceptors (Lipinski definition) is 8. The number of methoxy groups -OCH3 is 1. The molecule has 0 aliphatic carbocycles. The van der Waals surface area contributed by atoms with E-state index in [1.54, 1.807) is 31.4 Å². The van der Waals surface area contributed by atoms with Crippen LogP contribution in [0.1, 0.15) is 19.3 Å². The van der Waals surface area contributed by atoms with Crippen LogP contribution in [0.25, 0.3) is 10.9 Å². The van der Waals surface area contributed by atoms with Crippen LogP contribution in [0.15, 0.2) is 36.7 Å². The first-order valence-electron chi connectivity index (χ1n) is 12.2. The summed E-state index contributed by atoms with van der Waals surface area (Å²) in [6.07, 6.45) is 3.35. The molecule has 5 rings (SSSR count). The molecule has 2 saturated heterocycles. The van der Waals surface area contributed by atoms with Gasteiger partial charge in [0.15, 0.2) is 17.3 Å². The van der Waals surface area contributed by atoms with E-state index in [0.29, 0.717) is 54.4 Å². The van der Waals surface area contributed by atoms with Gasteiger partial charge in [0.2, 0.25) is 5.91 Å². The largest absolute Gasteiger partial charge is 0.493 e. The smallest absolute Gasteiger partial charge is 0.237 e. The van der Waals surface area contributed by atoms with Gasteiger partial charge in [-0.1, -0.05) is 17.7 Å². The number of halogens is 2. The van der Waals surface area contributed by atoms with E-state index in [0.717, 1.165) is 12.8 Å². The van der Waals surface area contributed by atoms with Gasteiger partial charge in [0.25, 0.3) is 0 Å². The van der Waals surface area contributed by atoms with Gasteiger partial charge in [-0.3, -0.25) is 9.69 Å². The van der Waals surface area contributed by atoms with Crippen molar-refractivity contribution in [3.8, 4) is 11.5 Å². The van der Waals surface area contributed by atoms with Crippen LogP contribution in [-0.4, -0.2) is 72.9 Å². The number of amides is 1. The average molecular weight is 530 g/mol. The number of likely N-dealkylation sites (N-methyl/N-ethyl adjacent to an activating group) is 1. The van der Waals surface area contributed by atoms with E-state index in [4.69, 9.17) is 25.8 Å². The predicted molar refractivity (Wildman–Crippen MR) is 138 cm³/mol. The second kappa shape index (κ2) is 11.0. The molecule has 0 unspecified atom stereocenters. The monoisotopic (exact) mass is 529 g/mol. The van der Waals surface area contributed by atoms with E-state index in [9.17, 15) is 9.18 Å². The van der Waals surface area contributed by atoms with Gasteiger partial charge >= 0.3 is 0 Å². The lowest BCUT2D eigenvalue weighted by Crippen LogP contribution is -2.47. The zero-order chi connectivity index (χ0) is 25.9. The lowest BCUT2D eigenvalue weighted by atomic mass is 10.1. The van der Waals surface area contributed by atoms with Crippen molar-refractivity contribution in [1.82, 2.24) is 20.2 Å². The SMILES string of the molecule is COc1cc2ncnc(Nc3cccc(Cl)c3F)c2cc1O[C@@H]1C[C@@H](C(=O)NC2CCOCC2)N(C)C1. The van der Waals surface area contributed by atoms with Crippen LogP contribution in [0.5, 0.6) is 11.5 Å². The number of nitrogens with one attached hydrogen (secondary N) is 2. The molecule has 1 aromatic heterocycles. The number of aromatic nitrogens is 2. The number of ether oxygens (including phenoxy) is 3. The summed E-state index contributed by atoms with van der Waals surface area (Å²) in [4.78, 5) is 23.6. The molecule has 2 atom stereocenters. The maximum absolute atomic E-state index is 14.5. The van der Waals surface area contributed by atoms with Gasteiger partial charge in [0.05, 0.1) is 29.4 Å². The number of fused-ring (bicyclic) bond motifs is 1. The Bertz CT molecular complexity index is 1290. The molecule has 0 bridgehead atoms. The van der Waals surface area contributed by atoms with Crippen molar-refractivity contribution in [2.45, 2.75) is 37.5 Å². The van der Waals surface area contributed by atoms with Crippen LogP contribution in [0.2, 0.25) is 5.02 Å². The van der Waals surface area contributed by atoms with Crippen molar-refractivity contribution in [2.24, 2.45) is 0 Å². The third-order valence-electron chi connectivity index (χ3n) is 6.80. The molecule has 2 aromatic carbocycles. The molecule has 196 valence electrons. The quantitative estimate of drug-likeness (QED) is 0.475. The lowest BCUT2D eigenvalue weighted by Gasteiger charge is -2.26. The van der Waals surface area contributed by atoms with Crippen LogP contribution in [0.4, 0.5) is 15.9 Å². The molecule has 3 heterocycles. The Morgan fingerprint density at radius 1 is 1.22 bits per heavy atom. The summed E-state index contributed by atoms with van der Waals surface area (Å²) in [5.74, 6) is 0.831. The Morgan fingerprint density at radius 2 is 2.03 bits per heavy atom. The van der Waals surface area contributed by atoms with Gasteiger partial charge in [-0.15, -0.1) is 0 Å². The number of benzene rings is 2. The topological polar surface area (TPSA) is 97.8 Å². The molecule has 0 radical (unpaired) electrons. The zero-order valence-electron chi connectivity index (χ0n) is 20.7. The normalized spacial score (nSPS) is 20.6. The standard InChI is InChI=1S/C26H29ClFN5O4/c1-33-13-16(10-21(33)26(34)31-15-6-8-36-9-7-15)37-23-11-17-20(12-22(23)35-2)29-14-30-25(17)32-19-5-3-4-18(27)24(19)28/h3-5,11-12,14-16,21H,6-10,13H2,1-2H3,(H,31,34)(H,29,30,32)/t16-,21+/m1/s1. The van der Waals surface area contributed by atoms with Gasteiger partial charge < -0.3 is 24.8 Å². The van der Waals surface area contributed by atoms with E-state index in [-0.39, 0.29) is 34.8 Å². The molecule has 2 N–H and O–H groups in total. The molecule has 2 aliphatic rings.